The summed E-state index contributed by atoms with van der Waals surface area (Å²) < 4.78 is 0.750. The van der Waals surface area contributed by atoms with Crippen molar-refractivity contribution in [1.82, 2.24) is 0 Å². The maximum atomic E-state index is 10.2. The first-order valence-electron chi connectivity index (χ1n) is 2.68. The number of pyridine rings is 1. The van der Waals surface area contributed by atoms with Crippen molar-refractivity contribution in [2.24, 2.45) is 0 Å². The number of carbonyl (C=O) groups is 1. The van der Waals surface area contributed by atoms with Gasteiger partial charge in [0.05, 0.1) is 0 Å². The topological polar surface area (TPSA) is 84.5 Å². The normalized spacial score (nSPS) is 7.64. The van der Waals surface area contributed by atoms with Gasteiger partial charge >= 0.3 is 6.16 Å². The van der Waals surface area contributed by atoms with Crippen molar-refractivity contribution >= 4 is 6.16 Å². The molecule has 0 saturated heterocycles. The van der Waals surface area contributed by atoms with Crippen LogP contribution in [0.1, 0.15) is 0 Å². The standard InChI is InChI=1S/C5H5NO.CH2O3/c7-6-4-2-1-3-5-6;2-1(3)4/h1-5H;(H2,2,3,4). The molecule has 0 radical (unpaired) electrons. The SMILES string of the molecule is O=C(O)O.[O-][n+]1ccccc1. The van der Waals surface area contributed by atoms with Crippen LogP contribution in [0.3, 0.4) is 0 Å². The predicted octanol–water partition coefficient (Wildman–Crippen LogP) is 0.542. The van der Waals surface area contributed by atoms with E-state index in [1.165, 1.54) is 12.4 Å². The minimum atomic E-state index is -1.83. The lowest BCUT2D eigenvalue weighted by Gasteiger charge is -1.88. The van der Waals surface area contributed by atoms with Gasteiger partial charge in [0.2, 0.25) is 0 Å². The molecule has 2 N–H and O–H groups in total. The molecule has 60 valence electrons. The van der Waals surface area contributed by atoms with Crippen LogP contribution in [0.15, 0.2) is 30.6 Å². The molecule has 0 aliphatic heterocycles. The highest BCUT2D eigenvalue weighted by Crippen LogP contribution is 1.72. The average molecular weight is 157 g/mol. The molecule has 0 aromatic carbocycles. The number of rotatable bonds is 0. The first-order chi connectivity index (χ1) is 5.13. The van der Waals surface area contributed by atoms with Crippen LogP contribution in [-0.2, 0) is 0 Å². The number of aromatic nitrogens is 1. The lowest BCUT2D eigenvalue weighted by molar-refractivity contribution is -0.605. The van der Waals surface area contributed by atoms with Crippen molar-refractivity contribution in [2.75, 3.05) is 0 Å². The largest absolute Gasteiger partial charge is 0.619 e. The predicted molar refractivity (Wildman–Crippen MR) is 36.1 cm³/mol. The molecule has 0 amide bonds. The molecule has 1 aromatic rings. The molecule has 0 aliphatic carbocycles. The van der Waals surface area contributed by atoms with Crippen LogP contribution in [0.2, 0.25) is 0 Å². The number of nitrogens with zero attached hydrogens (tertiary/aromatic N) is 1. The Hall–Kier alpha value is -1.78. The first-order valence-corrected chi connectivity index (χ1v) is 2.68. The van der Waals surface area contributed by atoms with Crippen LogP contribution < -0.4 is 4.73 Å². The molecule has 11 heavy (non-hydrogen) atoms. The molecular weight excluding hydrogens is 150 g/mol. The smallest absolute Gasteiger partial charge is 0.503 e. The summed E-state index contributed by atoms with van der Waals surface area (Å²) in [5, 5.41) is 24.1. The molecule has 0 bridgehead atoms. The van der Waals surface area contributed by atoms with E-state index in [4.69, 9.17) is 15.0 Å². The lowest BCUT2D eigenvalue weighted by atomic mass is 10.5. The van der Waals surface area contributed by atoms with Gasteiger partial charge in [0.1, 0.15) is 0 Å². The van der Waals surface area contributed by atoms with Crippen LogP contribution in [0.5, 0.6) is 0 Å². The van der Waals surface area contributed by atoms with E-state index in [1.807, 2.05) is 0 Å². The van der Waals surface area contributed by atoms with Crippen molar-refractivity contribution in [3.63, 3.8) is 0 Å². The van der Waals surface area contributed by atoms with Crippen LogP contribution in [0.25, 0.3) is 0 Å². The van der Waals surface area contributed by atoms with Gasteiger partial charge in [0.15, 0.2) is 12.4 Å². The zero-order valence-electron chi connectivity index (χ0n) is 5.54. The Morgan fingerprint density at radius 1 is 1.18 bits per heavy atom. The van der Waals surface area contributed by atoms with E-state index >= 15 is 0 Å². The first kappa shape index (κ1) is 9.22. The fraction of sp³-hybridized carbons (Fsp3) is 0. The van der Waals surface area contributed by atoms with Crippen molar-refractivity contribution in [1.29, 1.82) is 0 Å². The van der Waals surface area contributed by atoms with E-state index < -0.39 is 6.16 Å². The monoisotopic (exact) mass is 157 g/mol. The van der Waals surface area contributed by atoms with Gasteiger partial charge < -0.3 is 15.4 Å². The molecule has 1 rings (SSSR count). The Kier molecular flexibility index (Phi) is 4.22. The molecule has 1 heterocycles. The summed E-state index contributed by atoms with van der Waals surface area (Å²) in [6, 6.07) is 5.18. The van der Waals surface area contributed by atoms with Gasteiger partial charge in [0.25, 0.3) is 0 Å². The second kappa shape index (κ2) is 5.04. The van der Waals surface area contributed by atoms with Crippen LogP contribution in [-0.4, -0.2) is 16.4 Å². The highest BCUT2D eigenvalue weighted by Gasteiger charge is 1.75. The summed E-state index contributed by atoms with van der Waals surface area (Å²) in [5.41, 5.74) is 0. The van der Waals surface area contributed by atoms with E-state index in [-0.39, 0.29) is 0 Å². The number of carboxylic acid groups (broad SMARTS) is 2. The second-order valence-electron chi connectivity index (χ2n) is 1.52. The molecule has 0 atom stereocenters. The Bertz CT molecular complexity index is 207. The molecule has 0 unspecified atom stereocenters. The summed E-state index contributed by atoms with van der Waals surface area (Å²) in [7, 11) is 0. The van der Waals surface area contributed by atoms with Crippen molar-refractivity contribution < 1.29 is 19.7 Å². The zero-order valence-corrected chi connectivity index (χ0v) is 5.54. The van der Waals surface area contributed by atoms with Crippen molar-refractivity contribution in [3.05, 3.63) is 35.8 Å². The van der Waals surface area contributed by atoms with Gasteiger partial charge in [-0.1, -0.05) is 6.07 Å². The Morgan fingerprint density at radius 2 is 1.55 bits per heavy atom. The van der Waals surface area contributed by atoms with Gasteiger partial charge in [-0.2, -0.15) is 4.73 Å². The third-order valence-corrected chi connectivity index (χ3v) is 0.688. The molecule has 5 nitrogen and oxygen atoms in total. The zero-order chi connectivity index (χ0) is 8.69. The molecule has 0 saturated carbocycles. The van der Waals surface area contributed by atoms with Crippen molar-refractivity contribution in [3.8, 4) is 0 Å². The highest BCUT2D eigenvalue weighted by molar-refractivity contribution is 5.53. The molecule has 0 aliphatic rings. The van der Waals surface area contributed by atoms with E-state index in [1.54, 1.807) is 18.2 Å². The van der Waals surface area contributed by atoms with Crippen LogP contribution in [0.4, 0.5) is 4.79 Å². The fourth-order valence-corrected chi connectivity index (χ4v) is 0.383. The van der Waals surface area contributed by atoms with Gasteiger partial charge in [-0.15, -0.1) is 0 Å². The fourth-order valence-electron chi connectivity index (χ4n) is 0.383. The Labute approximate surface area is 62.7 Å². The van der Waals surface area contributed by atoms with Gasteiger partial charge in [-0.25, -0.2) is 4.79 Å². The second-order valence-corrected chi connectivity index (χ2v) is 1.52. The maximum absolute atomic E-state index is 10.2. The minimum Gasteiger partial charge on any atom is -0.619 e. The summed E-state index contributed by atoms with van der Waals surface area (Å²) >= 11 is 0. The van der Waals surface area contributed by atoms with E-state index in [9.17, 15) is 5.21 Å². The minimum absolute atomic E-state index is 0.750. The molecule has 0 spiro atoms. The summed E-state index contributed by atoms with van der Waals surface area (Å²) in [6.45, 7) is 0. The molecule has 5 heteroatoms. The van der Waals surface area contributed by atoms with E-state index in [2.05, 4.69) is 0 Å². The Morgan fingerprint density at radius 3 is 1.73 bits per heavy atom. The highest BCUT2D eigenvalue weighted by atomic mass is 16.6. The lowest BCUT2D eigenvalue weighted by Crippen LogP contribution is -2.22. The van der Waals surface area contributed by atoms with E-state index in [0.29, 0.717) is 0 Å². The van der Waals surface area contributed by atoms with Crippen molar-refractivity contribution in [2.45, 2.75) is 0 Å². The quantitative estimate of drug-likeness (QED) is 0.425. The Balaban J connectivity index is 0.000000218. The third kappa shape index (κ3) is 8.22. The van der Waals surface area contributed by atoms with E-state index in [0.717, 1.165) is 4.73 Å². The van der Waals surface area contributed by atoms with Gasteiger partial charge in [-0.05, 0) is 0 Å². The molecule has 0 fully saturated rings. The van der Waals surface area contributed by atoms with Gasteiger partial charge in [0, 0.05) is 12.1 Å². The van der Waals surface area contributed by atoms with Crippen LogP contribution >= 0.6 is 0 Å². The summed E-state index contributed by atoms with van der Waals surface area (Å²) in [5.74, 6) is 0. The maximum Gasteiger partial charge on any atom is 0.503 e. The number of hydrogen-bond acceptors (Lipinski definition) is 2. The summed E-state index contributed by atoms with van der Waals surface area (Å²) in [6.07, 6.45) is 1.06. The summed E-state index contributed by atoms with van der Waals surface area (Å²) in [4.78, 5) is 8.56. The third-order valence-electron chi connectivity index (χ3n) is 0.688. The molecular formula is C6H7NO4. The van der Waals surface area contributed by atoms with Crippen LogP contribution in [0, 0.1) is 5.21 Å². The number of hydrogen-bond donors (Lipinski definition) is 2. The molecule has 1 aromatic heterocycles. The average Bonchev–Trinajstić information content (AvgIpc) is 1.87. The van der Waals surface area contributed by atoms with Gasteiger partial charge in [-0.3, -0.25) is 0 Å².